The van der Waals surface area contributed by atoms with Crippen LogP contribution in [0, 0.1) is 11.3 Å². The van der Waals surface area contributed by atoms with Gasteiger partial charge in [-0.2, -0.15) is 0 Å². The van der Waals surface area contributed by atoms with E-state index in [1.165, 1.54) is 24.0 Å². The minimum atomic E-state index is 0.436. The summed E-state index contributed by atoms with van der Waals surface area (Å²) in [7, 11) is 0. The van der Waals surface area contributed by atoms with Crippen molar-refractivity contribution in [2.45, 2.75) is 53.0 Å². The summed E-state index contributed by atoms with van der Waals surface area (Å²) in [5.41, 5.74) is 4.90. The second kappa shape index (κ2) is 6.13. The third-order valence-corrected chi connectivity index (χ3v) is 5.26. The first-order valence-corrected chi connectivity index (χ1v) is 7.85. The first-order valence-electron chi connectivity index (χ1n) is 7.85. The molecule has 0 spiro atoms. The summed E-state index contributed by atoms with van der Waals surface area (Å²) in [6.07, 6.45) is 12.5. The van der Waals surface area contributed by atoms with Crippen LogP contribution in [0.15, 0.2) is 47.6 Å². The predicted octanol–water partition coefficient (Wildman–Crippen LogP) is 4.79. The third kappa shape index (κ3) is 2.98. The molecule has 1 N–H and O–H groups in total. The molecule has 1 heteroatoms. The van der Waals surface area contributed by atoms with Gasteiger partial charge in [-0.25, -0.2) is 0 Å². The van der Waals surface area contributed by atoms with E-state index in [0.717, 1.165) is 18.9 Å². The fraction of sp³-hybridized carbons (Fsp3) is 0.579. The van der Waals surface area contributed by atoms with Crippen LogP contribution in [0.4, 0.5) is 0 Å². The molecule has 20 heavy (non-hydrogen) atoms. The molecule has 0 heterocycles. The van der Waals surface area contributed by atoms with Crippen molar-refractivity contribution in [1.29, 1.82) is 0 Å². The Hall–Kier alpha value is -1.08. The molecule has 1 saturated carbocycles. The van der Waals surface area contributed by atoms with Crippen LogP contribution in [0.1, 0.15) is 47.0 Å². The third-order valence-electron chi connectivity index (χ3n) is 5.26. The van der Waals surface area contributed by atoms with Crippen LogP contribution in [0.5, 0.6) is 0 Å². The first kappa shape index (κ1) is 15.3. The van der Waals surface area contributed by atoms with Crippen LogP contribution in [-0.2, 0) is 0 Å². The number of rotatable bonds is 6. The molecular formula is C19H29N. The van der Waals surface area contributed by atoms with E-state index >= 15 is 0 Å². The zero-order valence-corrected chi connectivity index (χ0v) is 13.5. The highest BCUT2D eigenvalue weighted by atomic mass is 14.9. The molecule has 0 aromatic rings. The van der Waals surface area contributed by atoms with Crippen molar-refractivity contribution in [3.05, 3.63) is 47.6 Å². The molecule has 0 aliphatic heterocycles. The minimum absolute atomic E-state index is 0.436. The van der Waals surface area contributed by atoms with Gasteiger partial charge in [0, 0.05) is 12.6 Å². The summed E-state index contributed by atoms with van der Waals surface area (Å²) in [5, 5.41) is 3.77. The summed E-state index contributed by atoms with van der Waals surface area (Å²) < 4.78 is 0. The predicted molar refractivity (Wildman–Crippen MR) is 88.7 cm³/mol. The average Bonchev–Trinajstić information content (AvgIpc) is 2.81. The van der Waals surface area contributed by atoms with Gasteiger partial charge in [-0.3, -0.25) is 0 Å². The van der Waals surface area contributed by atoms with E-state index in [4.69, 9.17) is 0 Å². The van der Waals surface area contributed by atoms with Gasteiger partial charge in [0.2, 0.25) is 0 Å². The number of hydrogen-bond donors (Lipinski definition) is 1. The fourth-order valence-electron chi connectivity index (χ4n) is 3.56. The van der Waals surface area contributed by atoms with Crippen molar-refractivity contribution >= 4 is 0 Å². The quantitative estimate of drug-likeness (QED) is 0.541. The highest BCUT2D eigenvalue weighted by Crippen LogP contribution is 2.54. The lowest BCUT2D eigenvalue weighted by Gasteiger charge is -2.33. The van der Waals surface area contributed by atoms with E-state index < -0.39 is 0 Å². The van der Waals surface area contributed by atoms with E-state index in [-0.39, 0.29) is 0 Å². The van der Waals surface area contributed by atoms with Crippen molar-refractivity contribution < 1.29 is 0 Å². The first-order chi connectivity index (χ1) is 9.47. The smallest absolute Gasteiger partial charge is 0.0315 e. The summed E-state index contributed by atoms with van der Waals surface area (Å²) in [6, 6.07) is 0.543. The van der Waals surface area contributed by atoms with Crippen molar-refractivity contribution in [3.63, 3.8) is 0 Å². The van der Waals surface area contributed by atoms with Gasteiger partial charge in [-0.15, -0.1) is 0 Å². The van der Waals surface area contributed by atoms with Gasteiger partial charge in [-0.05, 0) is 44.4 Å². The Morgan fingerprint density at radius 1 is 1.50 bits per heavy atom. The molecule has 3 atom stereocenters. The van der Waals surface area contributed by atoms with Gasteiger partial charge >= 0.3 is 0 Å². The molecule has 2 rings (SSSR count). The Bertz CT molecular complexity index is 462. The zero-order valence-electron chi connectivity index (χ0n) is 13.5. The highest BCUT2D eigenvalue weighted by molar-refractivity contribution is 5.31. The van der Waals surface area contributed by atoms with Gasteiger partial charge in [0.15, 0.2) is 0 Å². The van der Waals surface area contributed by atoms with Crippen molar-refractivity contribution in [2.75, 3.05) is 6.54 Å². The summed E-state index contributed by atoms with van der Waals surface area (Å²) >= 11 is 0. The summed E-state index contributed by atoms with van der Waals surface area (Å²) in [4.78, 5) is 0. The Morgan fingerprint density at radius 3 is 2.75 bits per heavy atom. The van der Waals surface area contributed by atoms with E-state index in [9.17, 15) is 0 Å². The van der Waals surface area contributed by atoms with Crippen LogP contribution in [0.2, 0.25) is 0 Å². The molecule has 2 bridgehead atoms. The molecule has 1 fully saturated rings. The van der Waals surface area contributed by atoms with Crippen LogP contribution < -0.4 is 5.32 Å². The molecule has 0 amide bonds. The molecule has 0 aromatic carbocycles. The van der Waals surface area contributed by atoms with Crippen LogP contribution in [0.3, 0.4) is 0 Å². The number of fused-ring (bicyclic) bond motifs is 2. The molecule has 0 saturated heterocycles. The van der Waals surface area contributed by atoms with E-state index in [2.05, 4.69) is 57.8 Å². The monoisotopic (exact) mass is 271 g/mol. The SMILES string of the molecule is C=C/C=C(\CC=C(C)C)CNC1C=C2CCC1(C)C2C. The fourth-order valence-corrected chi connectivity index (χ4v) is 3.56. The van der Waals surface area contributed by atoms with Gasteiger partial charge in [0.05, 0.1) is 0 Å². The van der Waals surface area contributed by atoms with E-state index in [1.54, 1.807) is 5.57 Å². The molecular weight excluding hydrogens is 242 g/mol. The van der Waals surface area contributed by atoms with Crippen LogP contribution >= 0.6 is 0 Å². The van der Waals surface area contributed by atoms with Gasteiger partial charge in [0.25, 0.3) is 0 Å². The molecule has 2 aliphatic rings. The molecule has 2 aliphatic carbocycles. The van der Waals surface area contributed by atoms with Crippen LogP contribution in [0.25, 0.3) is 0 Å². The van der Waals surface area contributed by atoms with Crippen molar-refractivity contribution in [2.24, 2.45) is 11.3 Å². The van der Waals surface area contributed by atoms with Crippen LogP contribution in [-0.4, -0.2) is 12.6 Å². The maximum absolute atomic E-state index is 3.83. The Morgan fingerprint density at radius 2 is 2.25 bits per heavy atom. The Labute approximate surface area is 124 Å². The molecule has 3 unspecified atom stereocenters. The molecule has 0 radical (unpaired) electrons. The number of nitrogens with one attached hydrogen (secondary N) is 1. The minimum Gasteiger partial charge on any atom is -0.306 e. The topological polar surface area (TPSA) is 12.0 Å². The van der Waals surface area contributed by atoms with Crippen molar-refractivity contribution in [3.8, 4) is 0 Å². The normalized spacial score (nSPS) is 32.2. The number of hydrogen-bond acceptors (Lipinski definition) is 1. The second-order valence-electron chi connectivity index (χ2n) is 6.87. The largest absolute Gasteiger partial charge is 0.306 e. The standard InChI is InChI=1S/C19H29N/c1-6-7-16(9-8-14(2)3)13-20-18-12-17-10-11-19(18,5)15(17)4/h6-8,12,15,18,20H,1,9-11,13H2,2-5H3/b16-7+. The maximum Gasteiger partial charge on any atom is 0.0315 e. The van der Waals surface area contributed by atoms with Gasteiger partial charge in [0.1, 0.15) is 0 Å². The van der Waals surface area contributed by atoms with E-state index in [0.29, 0.717) is 11.5 Å². The molecule has 0 aromatic heterocycles. The van der Waals surface area contributed by atoms with Gasteiger partial charge < -0.3 is 5.32 Å². The van der Waals surface area contributed by atoms with Gasteiger partial charge in [-0.1, -0.05) is 61.4 Å². The average molecular weight is 271 g/mol. The Balaban J connectivity index is 1.96. The maximum atomic E-state index is 3.83. The number of allylic oxidation sites excluding steroid dienone is 5. The summed E-state index contributed by atoms with van der Waals surface area (Å²) in [5.74, 6) is 0.754. The zero-order chi connectivity index (χ0) is 14.8. The summed E-state index contributed by atoms with van der Waals surface area (Å²) in [6.45, 7) is 13.9. The molecule has 110 valence electrons. The van der Waals surface area contributed by atoms with E-state index in [1.807, 2.05) is 6.08 Å². The second-order valence-corrected chi connectivity index (χ2v) is 6.87. The lowest BCUT2D eigenvalue weighted by Crippen LogP contribution is -2.42. The lowest BCUT2D eigenvalue weighted by molar-refractivity contribution is 0.222. The highest BCUT2D eigenvalue weighted by Gasteiger charge is 2.48. The van der Waals surface area contributed by atoms with Crippen molar-refractivity contribution in [1.82, 2.24) is 5.32 Å². The molecule has 1 nitrogen and oxygen atoms in total. The lowest BCUT2D eigenvalue weighted by atomic mass is 9.77. The Kier molecular flexibility index (Phi) is 4.70.